The molecule has 1 aromatic rings. The average molecular weight is 181 g/mol. The molecule has 0 aliphatic carbocycles. The molecule has 0 unspecified atom stereocenters. The van der Waals surface area contributed by atoms with Crippen molar-refractivity contribution in [2.45, 2.75) is 0 Å². The van der Waals surface area contributed by atoms with Crippen LogP contribution in [0.25, 0.3) is 0 Å². The molecule has 4 nitrogen and oxygen atoms in total. The van der Waals surface area contributed by atoms with Crippen molar-refractivity contribution < 1.29 is 14.7 Å². The zero-order chi connectivity index (χ0) is 9.68. The van der Waals surface area contributed by atoms with E-state index in [2.05, 4.69) is 9.99 Å². The molecule has 0 saturated carbocycles. The highest BCUT2D eigenvalue weighted by atomic mass is 16.6. The third-order valence-corrected chi connectivity index (χ3v) is 1.46. The molecule has 0 spiro atoms. The van der Waals surface area contributed by atoms with Crippen molar-refractivity contribution in [2.75, 3.05) is 14.2 Å². The average Bonchev–Trinajstić information content (AvgIpc) is 2.14. The molecule has 70 valence electrons. The predicted octanol–water partition coefficient (Wildman–Crippen LogP) is 1.38. The van der Waals surface area contributed by atoms with Gasteiger partial charge in [-0.15, -0.1) is 0 Å². The number of phenolic OH excluding ortho intramolecular Hbond substituents is 1. The van der Waals surface area contributed by atoms with E-state index in [0.717, 1.165) is 5.56 Å². The molecule has 1 aromatic carbocycles. The second kappa shape index (κ2) is 4.35. The number of methoxy groups -OCH3 is 1. The molecule has 1 rings (SSSR count). The van der Waals surface area contributed by atoms with Crippen molar-refractivity contribution in [2.24, 2.45) is 5.16 Å². The van der Waals surface area contributed by atoms with Gasteiger partial charge in [-0.1, -0.05) is 5.16 Å². The summed E-state index contributed by atoms with van der Waals surface area (Å²) in [6.07, 6.45) is 1.49. The maximum atomic E-state index is 9.24. The Morgan fingerprint density at radius 2 is 2.08 bits per heavy atom. The normalized spacial score (nSPS) is 10.3. The van der Waals surface area contributed by atoms with E-state index in [1.807, 2.05) is 0 Å². The first-order chi connectivity index (χ1) is 6.26. The van der Waals surface area contributed by atoms with Crippen molar-refractivity contribution >= 4 is 6.21 Å². The number of phenols is 1. The first kappa shape index (κ1) is 9.38. The second-order valence-corrected chi connectivity index (χ2v) is 2.38. The van der Waals surface area contributed by atoms with Crippen LogP contribution in [0.5, 0.6) is 11.5 Å². The maximum Gasteiger partial charge on any atom is 0.123 e. The summed E-state index contributed by atoms with van der Waals surface area (Å²) in [5.74, 6) is 0.717. The van der Waals surface area contributed by atoms with Crippen molar-refractivity contribution in [3.63, 3.8) is 0 Å². The summed E-state index contributed by atoms with van der Waals surface area (Å²) in [5.41, 5.74) is 0.721. The molecular formula is C9H11NO3. The third-order valence-electron chi connectivity index (χ3n) is 1.46. The van der Waals surface area contributed by atoms with Gasteiger partial charge in [-0.2, -0.15) is 0 Å². The summed E-state index contributed by atoms with van der Waals surface area (Å²) in [4.78, 5) is 4.51. The number of aromatic hydroxyl groups is 1. The standard InChI is InChI=1S/C9H11NO3/c1-12-9-4-7(6-10-13-2)3-8(11)5-9/h3-6,11H,1-2H3/b10-6+. The van der Waals surface area contributed by atoms with Crippen molar-refractivity contribution in [3.8, 4) is 11.5 Å². The van der Waals surface area contributed by atoms with E-state index in [4.69, 9.17) is 4.74 Å². The molecule has 0 saturated heterocycles. The van der Waals surface area contributed by atoms with Crippen LogP contribution in [0.1, 0.15) is 5.56 Å². The van der Waals surface area contributed by atoms with Gasteiger partial charge in [0.25, 0.3) is 0 Å². The number of rotatable bonds is 3. The lowest BCUT2D eigenvalue weighted by Crippen LogP contribution is -1.86. The molecule has 0 atom stereocenters. The summed E-state index contributed by atoms with van der Waals surface area (Å²) in [6, 6.07) is 4.82. The lowest BCUT2D eigenvalue weighted by atomic mass is 10.2. The van der Waals surface area contributed by atoms with Crippen LogP contribution in [0.15, 0.2) is 23.4 Å². The highest BCUT2D eigenvalue weighted by molar-refractivity contribution is 5.80. The summed E-state index contributed by atoms with van der Waals surface area (Å²) in [7, 11) is 2.99. The van der Waals surface area contributed by atoms with Gasteiger partial charge in [0.1, 0.15) is 18.6 Å². The quantitative estimate of drug-likeness (QED) is 0.566. The van der Waals surface area contributed by atoms with Gasteiger partial charge in [0, 0.05) is 11.6 Å². The fourth-order valence-corrected chi connectivity index (χ4v) is 0.912. The minimum absolute atomic E-state index is 0.136. The Morgan fingerprint density at radius 3 is 2.69 bits per heavy atom. The van der Waals surface area contributed by atoms with Crippen LogP contribution < -0.4 is 4.74 Å². The van der Waals surface area contributed by atoms with E-state index >= 15 is 0 Å². The van der Waals surface area contributed by atoms with E-state index in [1.54, 1.807) is 12.1 Å². The number of oxime groups is 1. The van der Waals surface area contributed by atoms with Crippen LogP contribution in [-0.2, 0) is 4.84 Å². The van der Waals surface area contributed by atoms with Crippen molar-refractivity contribution in [1.82, 2.24) is 0 Å². The number of hydrogen-bond acceptors (Lipinski definition) is 4. The molecule has 4 heteroatoms. The van der Waals surface area contributed by atoms with Crippen LogP contribution in [-0.4, -0.2) is 25.5 Å². The fourth-order valence-electron chi connectivity index (χ4n) is 0.912. The molecule has 0 aromatic heterocycles. The number of ether oxygens (including phenoxy) is 1. The Balaban J connectivity index is 2.94. The SMILES string of the molecule is CO/N=C/c1cc(O)cc(OC)c1. The van der Waals surface area contributed by atoms with Crippen molar-refractivity contribution in [3.05, 3.63) is 23.8 Å². The summed E-state index contributed by atoms with van der Waals surface area (Å²) in [6.45, 7) is 0. The van der Waals surface area contributed by atoms with Gasteiger partial charge in [-0.25, -0.2) is 0 Å². The van der Waals surface area contributed by atoms with Gasteiger partial charge in [0.05, 0.1) is 13.3 Å². The lowest BCUT2D eigenvalue weighted by molar-refractivity contribution is 0.215. The number of hydrogen-bond donors (Lipinski definition) is 1. The van der Waals surface area contributed by atoms with Crippen molar-refractivity contribution in [1.29, 1.82) is 0 Å². The van der Waals surface area contributed by atoms with Crippen LogP contribution >= 0.6 is 0 Å². The molecule has 0 bridgehead atoms. The third kappa shape index (κ3) is 2.66. The predicted molar refractivity (Wildman–Crippen MR) is 49.3 cm³/mol. The van der Waals surface area contributed by atoms with E-state index in [-0.39, 0.29) is 5.75 Å². The minimum atomic E-state index is 0.136. The Hall–Kier alpha value is -1.71. The highest BCUT2D eigenvalue weighted by Crippen LogP contribution is 2.20. The Morgan fingerprint density at radius 1 is 1.31 bits per heavy atom. The number of benzene rings is 1. The lowest BCUT2D eigenvalue weighted by Gasteiger charge is -2.01. The molecule has 0 fully saturated rings. The second-order valence-electron chi connectivity index (χ2n) is 2.38. The smallest absolute Gasteiger partial charge is 0.123 e. The first-order valence-corrected chi connectivity index (χ1v) is 3.71. The first-order valence-electron chi connectivity index (χ1n) is 3.71. The minimum Gasteiger partial charge on any atom is -0.508 e. The molecule has 0 radical (unpaired) electrons. The van der Waals surface area contributed by atoms with Crippen LogP contribution in [0.3, 0.4) is 0 Å². The largest absolute Gasteiger partial charge is 0.508 e. The van der Waals surface area contributed by atoms with Gasteiger partial charge in [-0.05, 0) is 12.1 Å². The van der Waals surface area contributed by atoms with Gasteiger partial charge in [-0.3, -0.25) is 0 Å². The van der Waals surface area contributed by atoms with Crippen LogP contribution in [0.4, 0.5) is 0 Å². The molecule has 0 aliphatic rings. The molecule has 13 heavy (non-hydrogen) atoms. The van der Waals surface area contributed by atoms with Gasteiger partial charge < -0.3 is 14.7 Å². The fraction of sp³-hybridized carbons (Fsp3) is 0.222. The zero-order valence-electron chi connectivity index (χ0n) is 7.52. The summed E-state index contributed by atoms with van der Waals surface area (Å²) < 4.78 is 4.95. The molecule has 0 heterocycles. The molecule has 0 amide bonds. The van der Waals surface area contributed by atoms with Gasteiger partial charge in [0.2, 0.25) is 0 Å². The summed E-state index contributed by atoms with van der Waals surface area (Å²) >= 11 is 0. The topological polar surface area (TPSA) is 51.0 Å². The van der Waals surface area contributed by atoms with E-state index < -0.39 is 0 Å². The monoisotopic (exact) mass is 181 g/mol. The van der Waals surface area contributed by atoms with E-state index in [1.165, 1.54) is 26.5 Å². The highest BCUT2D eigenvalue weighted by Gasteiger charge is 1.97. The number of nitrogens with zero attached hydrogens (tertiary/aromatic N) is 1. The molecule has 0 aliphatic heterocycles. The van der Waals surface area contributed by atoms with E-state index in [9.17, 15) is 5.11 Å². The Kier molecular flexibility index (Phi) is 3.14. The Labute approximate surface area is 76.4 Å². The van der Waals surface area contributed by atoms with Crippen LogP contribution in [0, 0.1) is 0 Å². The van der Waals surface area contributed by atoms with E-state index in [0.29, 0.717) is 5.75 Å². The Bertz CT molecular complexity index is 310. The maximum absolute atomic E-state index is 9.24. The van der Waals surface area contributed by atoms with Crippen LogP contribution in [0.2, 0.25) is 0 Å². The molecular weight excluding hydrogens is 170 g/mol. The zero-order valence-corrected chi connectivity index (χ0v) is 7.52. The summed E-state index contributed by atoms with van der Waals surface area (Å²) in [5, 5.41) is 12.8. The molecule has 1 N–H and O–H groups in total. The van der Waals surface area contributed by atoms with Gasteiger partial charge in [0.15, 0.2) is 0 Å². The van der Waals surface area contributed by atoms with Gasteiger partial charge >= 0.3 is 0 Å².